The fraction of sp³-hybridized carbons (Fsp3) is 0.606. The minimum Gasteiger partial charge on any atom is -0.490 e. The van der Waals surface area contributed by atoms with Crippen LogP contribution in [0, 0.1) is 11.8 Å². The summed E-state index contributed by atoms with van der Waals surface area (Å²) in [4.78, 5) is 22.2. The van der Waals surface area contributed by atoms with Gasteiger partial charge in [0.2, 0.25) is 0 Å². The smallest absolute Gasteiger partial charge is 0.311 e. The molecule has 0 bridgehead atoms. The van der Waals surface area contributed by atoms with Crippen molar-refractivity contribution in [1.29, 1.82) is 0 Å². The number of benzene rings is 1. The number of hydrogen-bond acceptors (Lipinski definition) is 5. The molecule has 1 unspecified atom stereocenters. The lowest BCUT2D eigenvalue weighted by atomic mass is 9.73. The molecule has 1 atom stereocenters. The lowest BCUT2D eigenvalue weighted by molar-refractivity contribution is -0.135. The number of carbonyl (C=O) groups is 1. The van der Waals surface area contributed by atoms with Gasteiger partial charge >= 0.3 is 5.97 Å². The van der Waals surface area contributed by atoms with E-state index in [-0.39, 0.29) is 11.9 Å². The minimum atomic E-state index is -0.221. The average molecular weight is 521 g/mol. The number of allylic oxidation sites excluding steroid dienone is 1. The Hall–Kier alpha value is -2.69. The van der Waals surface area contributed by atoms with E-state index >= 15 is 0 Å². The first-order chi connectivity index (χ1) is 18.7. The number of unbranched alkanes of at least 4 members (excludes halogenated alkanes) is 7. The van der Waals surface area contributed by atoms with E-state index in [9.17, 15) is 4.79 Å². The van der Waals surface area contributed by atoms with E-state index in [4.69, 9.17) is 9.47 Å². The summed E-state index contributed by atoms with van der Waals surface area (Å²) in [6.45, 7) is 6.73. The van der Waals surface area contributed by atoms with Crippen LogP contribution in [0.25, 0.3) is 0 Å². The van der Waals surface area contributed by atoms with Crippen LogP contribution in [0.4, 0.5) is 0 Å². The zero-order valence-corrected chi connectivity index (χ0v) is 23.5. The quantitative estimate of drug-likeness (QED) is 0.0850. The lowest BCUT2D eigenvalue weighted by Gasteiger charge is -2.33. The average Bonchev–Trinajstić information content (AvgIpc) is 2.94. The van der Waals surface area contributed by atoms with E-state index in [0.717, 1.165) is 37.4 Å². The highest BCUT2D eigenvalue weighted by Crippen LogP contribution is 2.40. The van der Waals surface area contributed by atoms with Crippen LogP contribution in [0.3, 0.4) is 0 Å². The van der Waals surface area contributed by atoms with Gasteiger partial charge in [0.25, 0.3) is 0 Å². The van der Waals surface area contributed by atoms with E-state index in [0.29, 0.717) is 30.4 Å². The molecule has 1 aliphatic rings. The number of rotatable bonds is 18. The molecule has 1 fully saturated rings. The minimum absolute atomic E-state index is 0.0330. The first-order valence-electron chi connectivity index (χ1n) is 15.0. The van der Waals surface area contributed by atoms with E-state index < -0.39 is 0 Å². The van der Waals surface area contributed by atoms with Crippen molar-refractivity contribution in [1.82, 2.24) is 9.97 Å². The van der Waals surface area contributed by atoms with Crippen LogP contribution in [-0.4, -0.2) is 22.5 Å². The van der Waals surface area contributed by atoms with Gasteiger partial charge in [-0.25, -0.2) is 9.97 Å². The van der Waals surface area contributed by atoms with Crippen LogP contribution in [0.15, 0.2) is 55.4 Å². The zero-order chi connectivity index (χ0) is 26.8. The van der Waals surface area contributed by atoms with Gasteiger partial charge in [0.15, 0.2) is 5.75 Å². The Morgan fingerprint density at radius 2 is 1.61 bits per heavy atom. The number of aromatic nitrogens is 2. The summed E-state index contributed by atoms with van der Waals surface area (Å²) >= 11 is 0. The van der Waals surface area contributed by atoms with Crippen LogP contribution in [0.5, 0.6) is 11.5 Å². The molecule has 1 saturated carbocycles. The first-order valence-corrected chi connectivity index (χ1v) is 15.0. The van der Waals surface area contributed by atoms with Gasteiger partial charge in [-0.05, 0) is 56.1 Å². The van der Waals surface area contributed by atoms with Gasteiger partial charge in [-0.15, -0.1) is 6.58 Å². The van der Waals surface area contributed by atoms with Crippen LogP contribution < -0.4 is 9.47 Å². The standard InChI is InChI=1S/C33H48N2O3/c1-3-5-6-7-8-9-10-11-15-23-37-30-25-34-33(35-26-30)31(28-21-19-27(16-4-2)20-22-28)24-32(36)38-29-17-13-12-14-18-29/h3,12-14,17-18,25-28,31H,1,4-11,15-16,19-24H2,2H3. The third-order valence-electron chi connectivity index (χ3n) is 7.82. The van der Waals surface area contributed by atoms with Crippen molar-refractivity contribution >= 4 is 5.97 Å². The topological polar surface area (TPSA) is 61.3 Å². The predicted octanol–water partition coefficient (Wildman–Crippen LogP) is 8.85. The van der Waals surface area contributed by atoms with Crippen LogP contribution in [0.2, 0.25) is 0 Å². The summed E-state index contributed by atoms with van der Waals surface area (Å²) in [7, 11) is 0. The van der Waals surface area contributed by atoms with Crippen molar-refractivity contribution in [2.75, 3.05) is 6.61 Å². The van der Waals surface area contributed by atoms with Gasteiger partial charge in [0.1, 0.15) is 11.6 Å². The molecule has 208 valence electrons. The normalized spacial score (nSPS) is 18.0. The van der Waals surface area contributed by atoms with Crippen molar-refractivity contribution in [3.8, 4) is 11.5 Å². The number of esters is 1. The van der Waals surface area contributed by atoms with E-state index in [2.05, 4.69) is 23.5 Å². The molecule has 0 N–H and O–H groups in total. The number of nitrogens with zero attached hydrogens (tertiary/aromatic N) is 2. The highest BCUT2D eigenvalue weighted by Gasteiger charge is 2.32. The Morgan fingerprint density at radius 1 is 0.947 bits per heavy atom. The molecule has 1 heterocycles. The van der Waals surface area contributed by atoms with Crippen molar-refractivity contribution in [3.63, 3.8) is 0 Å². The maximum atomic E-state index is 12.9. The summed E-state index contributed by atoms with van der Waals surface area (Å²) in [6.07, 6.45) is 22.9. The fourth-order valence-electron chi connectivity index (χ4n) is 5.65. The molecule has 3 rings (SSSR count). The third-order valence-corrected chi connectivity index (χ3v) is 7.82. The zero-order valence-electron chi connectivity index (χ0n) is 23.5. The monoisotopic (exact) mass is 520 g/mol. The second-order valence-corrected chi connectivity index (χ2v) is 10.8. The van der Waals surface area contributed by atoms with E-state index in [1.165, 1.54) is 64.2 Å². The van der Waals surface area contributed by atoms with Crippen molar-refractivity contribution in [2.45, 2.75) is 109 Å². The third kappa shape index (κ3) is 11.0. The molecule has 5 nitrogen and oxygen atoms in total. The van der Waals surface area contributed by atoms with Crippen LogP contribution in [0.1, 0.15) is 115 Å². The molecule has 0 spiro atoms. The Kier molecular flexibility index (Phi) is 13.9. The molecule has 0 radical (unpaired) electrons. The lowest BCUT2D eigenvalue weighted by Crippen LogP contribution is -2.25. The molecule has 38 heavy (non-hydrogen) atoms. The van der Waals surface area contributed by atoms with Gasteiger partial charge in [0, 0.05) is 5.92 Å². The van der Waals surface area contributed by atoms with E-state index in [1.807, 2.05) is 36.4 Å². The van der Waals surface area contributed by atoms with Crippen molar-refractivity contribution in [2.24, 2.45) is 11.8 Å². The van der Waals surface area contributed by atoms with Crippen molar-refractivity contribution in [3.05, 3.63) is 61.2 Å². The highest BCUT2D eigenvalue weighted by atomic mass is 16.5. The maximum Gasteiger partial charge on any atom is 0.311 e. The van der Waals surface area contributed by atoms with E-state index in [1.54, 1.807) is 12.4 Å². The summed E-state index contributed by atoms with van der Waals surface area (Å²) in [6, 6.07) is 9.30. The number of carbonyl (C=O) groups excluding carboxylic acids is 1. The first kappa shape index (κ1) is 29.9. The molecular formula is C33H48N2O3. The Balaban J connectivity index is 1.49. The molecule has 1 aliphatic carbocycles. The maximum absolute atomic E-state index is 12.9. The Bertz CT molecular complexity index is 908. The second kappa shape index (κ2) is 17.8. The summed E-state index contributed by atoms with van der Waals surface area (Å²) in [5.74, 6) is 2.97. The SMILES string of the molecule is C=CCCCCCCCCCOc1cnc(C(CC(=O)Oc2ccccc2)C2CCC(CCC)CC2)nc1. The molecule has 0 aliphatic heterocycles. The highest BCUT2D eigenvalue weighted by molar-refractivity contribution is 5.73. The predicted molar refractivity (Wildman–Crippen MR) is 154 cm³/mol. The number of ether oxygens (including phenoxy) is 2. The van der Waals surface area contributed by atoms with Gasteiger partial charge in [-0.1, -0.05) is 89.0 Å². The van der Waals surface area contributed by atoms with Gasteiger partial charge in [-0.2, -0.15) is 0 Å². The summed E-state index contributed by atoms with van der Waals surface area (Å²) < 4.78 is 11.6. The molecule has 5 heteroatoms. The van der Waals surface area contributed by atoms with Crippen molar-refractivity contribution < 1.29 is 14.3 Å². The number of hydrogen-bond donors (Lipinski definition) is 0. The number of para-hydroxylation sites is 1. The molecule has 0 amide bonds. The Labute approximate surface area is 230 Å². The summed E-state index contributed by atoms with van der Waals surface area (Å²) in [5.41, 5.74) is 0. The molecule has 1 aromatic carbocycles. The molecule has 1 aromatic heterocycles. The van der Waals surface area contributed by atoms with Crippen LogP contribution >= 0.6 is 0 Å². The fourth-order valence-corrected chi connectivity index (χ4v) is 5.65. The molecule has 2 aromatic rings. The largest absolute Gasteiger partial charge is 0.490 e. The molecule has 0 saturated heterocycles. The van der Waals surface area contributed by atoms with Gasteiger partial charge in [0.05, 0.1) is 25.4 Å². The molecular weight excluding hydrogens is 472 g/mol. The summed E-state index contributed by atoms with van der Waals surface area (Å²) in [5, 5.41) is 0. The van der Waals surface area contributed by atoms with Crippen LogP contribution in [-0.2, 0) is 4.79 Å². The van der Waals surface area contributed by atoms with Gasteiger partial charge < -0.3 is 9.47 Å². The Morgan fingerprint density at radius 3 is 2.26 bits per heavy atom. The van der Waals surface area contributed by atoms with Gasteiger partial charge in [-0.3, -0.25) is 4.79 Å². The second-order valence-electron chi connectivity index (χ2n) is 10.8.